The average Bonchev–Trinajstić information content (AvgIpc) is 2.91. The van der Waals surface area contributed by atoms with Gasteiger partial charge in [0.25, 0.3) is 5.91 Å². The molecule has 1 aromatic heterocycles. The first-order valence-electron chi connectivity index (χ1n) is 5.71. The maximum atomic E-state index is 11.7. The van der Waals surface area contributed by atoms with E-state index in [2.05, 4.69) is 21.6 Å². The monoisotopic (exact) mass is 250 g/mol. The van der Waals surface area contributed by atoms with Crippen LogP contribution in [0.1, 0.15) is 41.9 Å². The van der Waals surface area contributed by atoms with Crippen molar-refractivity contribution < 1.29 is 4.79 Å². The van der Waals surface area contributed by atoms with E-state index in [0.717, 1.165) is 25.7 Å². The molecule has 1 N–H and O–H groups in total. The molecule has 1 saturated carbocycles. The molecule has 1 aliphatic rings. The normalized spacial score (nSPS) is 18.3. The van der Waals surface area contributed by atoms with E-state index in [0.29, 0.717) is 11.6 Å². The van der Waals surface area contributed by atoms with Crippen LogP contribution in [0, 0.1) is 16.7 Å². The van der Waals surface area contributed by atoms with Gasteiger partial charge in [0.15, 0.2) is 0 Å². The lowest BCUT2D eigenvalue weighted by atomic mass is 9.75. The minimum atomic E-state index is -0.376. The summed E-state index contributed by atoms with van der Waals surface area (Å²) < 4.78 is 0. The molecule has 90 valence electrons. The molecule has 1 aliphatic carbocycles. The standard InChI is InChI=1S/C11H14N4OS/c12-6-11(4-2-1-3-5-11)7-13-9(16)10-15-14-8-17-10/h8H,1-5,7H2,(H,13,16). The van der Waals surface area contributed by atoms with Crippen LogP contribution in [0.4, 0.5) is 0 Å². The Morgan fingerprint density at radius 1 is 1.53 bits per heavy atom. The van der Waals surface area contributed by atoms with E-state index in [1.807, 2.05) is 0 Å². The number of amides is 1. The number of hydrogen-bond acceptors (Lipinski definition) is 5. The highest BCUT2D eigenvalue weighted by molar-refractivity contribution is 7.11. The van der Waals surface area contributed by atoms with Crippen molar-refractivity contribution in [3.8, 4) is 6.07 Å². The zero-order chi connectivity index (χ0) is 12.1. The second kappa shape index (κ2) is 5.23. The third-order valence-corrected chi connectivity index (χ3v) is 3.88. The summed E-state index contributed by atoms with van der Waals surface area (Å²) >= 11 is 1.21. The molecule has 17 heavy (non-hydrogen) atoms. The Kier molecular flexibility index (Phi) is 3.69. The molecule has 6 heteroatoms. The number of nitrogens with zero attached hydrogens (tertiary/aromatic N) is 3. The van der Waals surface area contributed by atoms with Crippen LogP contribution in [0.3, 0.4) is 0 Å². The van der Waals surface area contributed by atoms with Crippen molar-refractivity contribution in [1.82, 2.24) is 15.5 Å². The predicted octanol–water partition coefficient (Wildman–Crippen LogP) is 1.74. The summed E-state index contributed by atoms with van der Waals surface area (Å²) in [4.78, 5) is 11.7. The summed E-state index contributed by atoms with van der Waals surface area (Å²) in [5.74, 6) is -0.229. The maximum Gasteiger partial charge on any atom is 0.282 e. The van der Waals surface area contributed by atoms with Crippen LogP contribution in [0.15, 0.2) is 5.51 Å². The van der Waals surface area contributed by atoms with Gasteiger partial charge >= 0.3 is 0 Å². The number of rotatable bonds is 3. The fourth-order valence-corrected chi connectivity index (χ4v) is 2.62. The van der Waals surface area contributed by atoms with Gasteiger partial charge in [-0.15, -0.1) is 10.2 Å². The van der Waals surface area contributed by atoms with Gasteiger partial charge in [0, 0.05) is 6.54 Å². The van der Waals surface area contributed by atoms with Gasteiger partial charge in [0.1, 0.15) is 5.51 Å². The van der Waals surface area contributed by atoms with Gasteiger partial charge in [-0.05, 0) is 12.8 Å². The Balaban J connectivity index is 1.92. The molecule has 1 heterocycles. The van der Waals surface area contributed by atoms with Crippen LogP contribution in [0.2, 0.25) is 0 Å². The smallest absolute Gasteiger partial charge is 0.282 e. The molecular weight excluding hydrogens is 236 g/mol. The number of hydrogen-bond donors (Lipinski definition) is 1. The molecule has 0 spiro atoms. The molecular formula is C11H14N4OS. The third-order valence-electron chi connectivity index (χ3n) is 3.19. The molecule has 1 fully saturated rings. The lowest BCUT2D eigenvalue weighted by Gasteiger charge is -2.30. The summed E-state index contributed by atoms with van der Waals surface area (Å²) in [7, 11) is 0. The topological polar surface area (TPSA) is 78.7 Å². The summed E-state index contributed by atoms with van der Waals surface area (Å²) in [5, 5.41) is 19.7. The Morgan fingerprint density at radius 2 is 2.29 bits per heavy atom. The van der Waals surface area contributed by atoms with Gasteiger partial charge in [0.05, 0.1) is 11.5 Å². The lowest BCUT2D eigenvalue weighted by molar-refractivity contribution is 0.0931. The molecule has 0 radical (unpaired) electrons. The van der Waals surface area contributed by atoms with Crippen LogP contribution in [-0.4, -0.2) is 22.6 Å². The second-order valence-corrected chi connectivity index (χ2v) is 5.21. The molecule has 0 bridgehead atoms. The van der Waals surface area contributed by atoms with E-state index in [9.17, 15) is 10.1 Å². The van der Waals surface area contributed by atoms with Crippen LogP contribution in [0.25, 0.3) is 0 Å². The van der Waals surface area contributed by atoms with Crippen molar-refractivity contribution in [1.29, 1.82) is 5.26 Å². The maximum absolute atomic E-state index is 11.7. The van der Waals surface area contributed by atoms with Crippen LogP contribution < -0.4 is 5.32 Å². The summed E-state index contributed by atoms with van der Waals surface area (Å²) in [6, 6.07) is 2.37. The summed E-state index contributed by atoms with van der Waals surface area (Å²) in [6.45, 7) is 0.419. The summed E-state index contributed by atoms with van der Waals surface area (Å²) in [5.41, 5.74) is 1.15. The zero-order valence-corrected chi connectivity index (χ0v) is 10.3. The van der Waals surface area contributed by atoms with Gasteiger partial charge < -0.3 is 5.32 Å². The number of carbonyl (C=O) groups excluding carboxylic acids is 1. The van der Waals surface area contributed by atoms with Gasteiger partial charge in [-0.2, -0.15) is 5.26 Å². The van der Waals surface area contributed by atoms with Gasteiger partial charge in [-0.25, -0.2) is 0 Å². The molecule has 0 aromatic carbocycles. The van der Waals surface area contributed by atoms with Gasteiger partial charge in [-0.1, -0.05) is 30.6 Å². The minimum Gasteiger partial charge on any atom is -0.348 e. The third kappa shape index (κ3) is 2.80. The SMILES string of the molecule is N#CC1(CNC(=O)c2nncs2)CCCCC1. The minimum absolute atomic E-state index is 0.229. The van der Waals surface area contributed by atoms with Crippen molar-refractivity contribution in [3.63, 3.8) is 0 Å². The quantitative estimate of drug-likeness (QED) is 0.886. The van der Waals surface area contributed by atoms with E-state index < -0.39 is 0 Å². The van der Waals surface area contributed by atoms with E-state index in [1.165, 1.54) is 23.3 Å². The van der Waals surface area contributed by atoms with E-state index in [-0.39, 0.29) is 11.3 Å². The fourth-order valence-electron chi connectivity index (χ4n) is 2.15. The first-order valence-corrected chi connectivity index (χ1v) is 6.59. The second-order valence-electron chi connectivity index (χ2n) is 4.38. The van der Waals surface area contributed by atoms with Crippen molar-refractivity contribution in [3.05, 3.63) is 10.5 Å². The van der Waals surface area contributed by atoms with Crippen molar-refractivity contribution >= 4 is 17.2 Å². The van der Waals surface area contributed by atoms with Crippen LogP contribution in [-0.2, 0) is 0 Å². The Hall–Kier alpha value is -1.48. The van der Waals surface area contributed by atoms with Gasteiger partial charge in [0.2, 0.25) is 5.01 Å². The molecule has 2 rings (SSSR count). The van der Waals surface area contributed by atoms with E-state index in [1.54, 1.807) is 0 Å². The van der Waals surface area contributed by atoms with Crippen LogP contribution in [0.5, 0.6) is 0 Å². The summed E-state index contributed by atoms with van der Waals surface area (Å²) in [6.07, 6.45) is 5.08. The fraction of sp³-hybridized carbons (Fsp3) is 0.636. The molecule has 1 amide bonds. The van der Waals surface area contributed by atoms with Crippen molar-refractivity contribution in [2.45, 2.75) is 32.1 Å². The zero-order valence-electron chi connectivity index (χ0n) is 9.48. The first kappa shape index (κ1) is 12.0. The molecule has 0 unspecified atom stereocenters. The molecule has 5 nitrogen and oxygen atoms in total. The Labute approximate surface area is 104 Å². The molecule has 1 aromatic rings. The largest absolute Gasteiger partial charge is 0.348 e. The predicted molar refractivity (Wildman–Crippen MR) is 63.4 cm³/mol. The average molecular weight is 250 g/mol. The Morgan fingerprint density at radius 3 is 2.88 bits per heavy atom. The molecule has 0 saturated heterocycles. The van der Waals surface area contributed by atoms with Gasteiger partial charge in [-0.3, -0.25) is 4.79 Å². The number of aromatic nitrogens is 2. The highest BCUT2D eigenvalue weighted by atomic mass is 32.1. The van der Waals surface area contributed by atoms with Crippen LogP contribution >= 0.6 is 11.3 Å². The first-order chi connectivity index (χ1) is 8.26. The number of nitrogens with one attached hydrogen (secondary N) is 1. The number of nitriles is 1. The van der Waals surface area contributed by atoms with E-state index in [4.69, 9.17) is 0 Å². The van der Waals surface area contributed by atoms with Crippen molar-refractivity contribution in [2.75, 3.05) is 6.54 Å². The Bertz CT molecular complexity index is 417. The van der Waals surface area contributed by atoms with E-state index >= 15 is 0 Å². The lowest BCUT2D eigenvalue weighted by Crippen LogP contribution is -2.38. The number of carbonyl (C=O) groups is 1. The molecule has 0 atom stereocenters. The highest BCUT2D eigenvalue weighted by Crippen LogP contribution is 2.34. The van der Waals surface area contributed by atoms with Crippen molar-refractivity contribution in [2.24, 2.45) is 5.41 Å². The highest BCUT2D eigenvalue weighted by Gasteiger charge is 2.32. The molecule has 0 aliphatic heterocycles.